The van der Waals surface area contributed by atoms with Crippen molar-refractivity contribution in [1.82, 2.24) is 0 Å². The Morgan fingerprint density at radius 3 is 2.24 bits per heavy atom. The highest BCUT2D eigenvalue weighted by Gasteiger charge is 2.15. The molecular weight excluding hydrogens is 264 g/mol. The predicted octanol–water partition coefficient (Wildman–Crippen LogP) is 4.04. The molecule has 1 aromatic carbocycles. The van der Waals surface area contributed by atoms with Crippen LogP contribution in [0.3, 0.4) is 0 Å². The predicted molar refractivity (Wildman–Crippen MR) is 66.5 cm³/mol. The molecule has 1 aromatic heterocycles. The van der Waals surface area contributed by atoms with Gasteiger partial charge in [0.25, 0.3) is 0 Å². The SMILES string of the molecule is Cc1cc(C(N)c2cc(F)cc(F)c2)sc1Cl. The third-order valence-corrected chi connectivity index (χ3v) is 4.07. The van der Waals surface area contributed by atoms with Crippen LogP contribution in [0.4, 0.5) is 8.78 Å². The fourth-order valence-electron chi connectivity index (χ4n) is 1.56. The molecule has 17 heavy (non-hydrogen) atoms. The topological polar surface area (TPSA) is 26.0 Å². The van der Waals surface area contributed by atoms with Gasteiger partial charge in [0, 0.05) is 10.9 Å². The highest BCUT2D eigenvalue weighted by molar-refractivity contribution is 7.16. The molecule has 1 heterocycles. The second-order valence-electron chi connectivity index (χ2n) is 3.79. The van der Waals surface area contributed by atoms with Crippen molar-refractivity contribution in [2.45, 2.75) is 13.0 Å². The number of aryl methyl sites for hydroxylation is 1. The molecule has 5 heteroatoms. The van der Waals surface area contributed by atoms with Gasteiger partial charge in [-0.05, 0) is 36.2 Å². The second-order valence-corrected chi connectivity index (χ2v) is 5.47. The molecule has 0 bridgehead atoms. The Kier molecular flexibility index (Phi) is 3.47. The molecule has 0 amide bonds. The summed E-state index contributed by atoms with van der Waals surface area (Å²) in [6.45, 7) is 1.86. The standard InChI is InChI=1S/C12H10ClF2NS/c1-6-2-10(17-12(6)13)11(16)7-3-8(14)5-9(15)4-7/h2-5,11H,16H2,1H3. The Balaban J connectivity index is 2.39. The van der Waals surface area contributed by atoms with Gasteiger partial charge in [0.15, 0.2) is 0 Å². The van der Waals surface area contributed by atoms with Crippen LogP contribution >= 0.6 is 22.9 Å². The minimum atomic E-state index is -0.630. The summed E-state index contributed by atoms with van der Waals surface area (Å²) in [5, 5.41) is 0. The fraction of sp³-hybridized carbons (Fsp3) is 0.167. The zero-order chi connectivity index (χ0) is 12.6. The number of halogens is 3. The summed E-state index contributed by atoms with van der Waals surface area (Å²) in [7, 11) is 0. The molecule has 1 nitrogen and oxygen atoms in total. The number of nitrogens with two attached hydrogens (primary N) is 1. The summed E-state index contributed by atoms with van der Waals surface area (Å²) in [5.41, 5.74) is 7.27. The normalized spacial score (nSPS) is 12.8. The van der Waals surface area contributed by atoms with Gasteiger partial charge in [-0.15, -0.1) is 11.3 Å². The van der Waals surface area contributed by atoms with Crippen molar-refractivity contribution >= 4 is 22.9 Å². The number of benzene rings is 1. The lowest BCUT2D eigenvalue weighted by atomic mass is 10.1. The van der Waals surface area contributed by atoms with E-state index in [1.54, 1.807) is 0 Å². The van der Waals surface area contributed by atoms with Gasteiger partial charge in [-0.1, -0.05) is 11.6 Å². The first-order valence-corrected chi connectivity index (χ1v) is 6.14. The smallest absolute Gasteiger partial charge is 0.126 e. The number of hydrogen-bond acceptors (Lipinski definition) is 2. The number of hydrogen-bond donors (Lipinski definition) is 1. The lowest BCUT2D eigenvalue weighted by molar-refractivity contribution is 0.577. The number of thiophene rings is 1. The van der Waals surface area contributed by atoms with Gasteiger partial charge >= 0.3 is 0 Å². The van der Waals surface area contributed by atoms with Crippen molar-refractivity contribution in [1.29, 1.82) is 0 Å². The molecule has 0 radical (unpaired) electrons. The van der Waals surface area contributed by atoms with E-state index in [4.69, 9.17) is 17.3 Å². The minimum absolute atomic E-state index is 0.403. The zero-order valence-electron chi connectivity index (χ0n) is 9.01. The van der Waals surface area contributed by atoms with Crippen LogP contribution in [0.15, 0.2) is 24.3 Å². The molecule has 0 fully saturated rings. The van der Waals surface area contributed by atoms with Gasteiger partial charge in [0.1, 0.15) is 11.6 Å². The van der Waals surface area contributed by atoms with Crippen LogP contribution in [-0.4, -0.2) is 0 Å². The first-order valence-electron chi connectivity index (χ1n) is 4.95. The number of rotatable bonds is 2. The molecule has 0 saturated carbocycles. The van der Waals surface area contributed by atoms with Crippen molar-refractivity contribution in [3.63, 3.8) is 0 Å². The summed E-state index contributed by atoms with van der Waals surface area (Å²) in [5.74, 6) is -1.26. The van der Waals surface area contributed by atoms with Gasteiger partial charge in [-0.25, -0.2) is 8.78 Å². The first-order chi connectivity index (χ1) is 7.97. The molecule has 90 valence electrons. The minimum Gasteiger partial charge on any atom is -0.320 e. The Labute approximate surface area is 107 Å². The fourth-order valence-corrected chi connectivity index (χ4v) is 2.80. The van der Waals surface area contributed by atoms with E-state index in [2.05, 4.69) is 0 Å². The van der Waals surface area contributed by atoms with Crippen LogP contribution in [0.25, 0.3) is 0 Å². The largest absolute Gasteiger partial charge is 0.320 e. The lowest BCUT2D eigenvalue weighted by Gasteiger charge is -2.10. The van der Waals surface area contributed by atoms with E-state index in [1.807, 2.05) is 13.0 Å². The Morgan fingerprint density at radius 2 is 1.76 bits per heavy atom. The van der Waals surface area contributed by atoms with E-state index in [1.165, 1.54) is 23.5 Å². The molecule has 2 rings (SSSR count). The molecule has 2 N–H and O–H groups in total. The van der Waals surface area contributed by atoms with Gasteiger partial charge in [-0.3, -0.25) is 0 Å². The molecule has 1 atom stereocenters. The molecule has 0 spiro atoms. The van der Waals surface area contributed by atoms with Gasteiger partial charge < -0.3 is 5.73 Å². The quantitative estimate of drug-likeness (QED) is 0.878. The average molecular weight is 274 g/mol. The maximum atomic E-state index is 13.1. The van der Waals surface area contributed by atoms with E-state index >= 15 is 0 Å². The van der Waals surface area contributed by atoms with Crippen LogP contribution in [-0.2, 0) is 0 Å². The third-order valence-electron chi connectivity index (χ3n) is 2.43. The van der Waals surface area contributed by atoms with Crippen molar-refractivity contribution in [2.24, 2.45) is 5.73 Å². The Hall–Kier alpha value is -0.970. The third kappa shape index (κ3) is 2.65. The molecule has 0 aliphatic heterocycles. The molecule has 1 unspecified atom stereocenters. The average Bonchev–Trinajstić information content (AvgIpc) is 2.57. The van der Waals surface area contributed by atoms with E-state index in [9.17, 15) is 8.78 Å². The van der Waals surface area contributed by atoms with Crippen molar-refractivity contribution in [3.8, 4) is 0 Å². The monoisotopic (exact) mass is 273 g/mol. The molecule has 2 aromatic rings. The van der Waals surface area contributed by atoms with Crippen LogP contribution in [0.2, 0.25) is 4.34 Å². The maximum absolute atomic E-state index is 13.1. The Morgan fingerprint density at radius 1 is 1.18 bits per heavy atom. The highest BCUT2D eigenvalue weighted by Crippen LogP contribution is 2.33. The van der Waals surface area contributed by atoms with Gasteiger partial charge in [0.2, 0.25) is 0 Å². The van der Waals surface area contributed by atoms with E-state index in [0.717, 1.165) is 16.5 Å². The van der Waals surface area contributed by atoms with Gasteiger partial charge in [0.05, 0.1) is 10.4 Å². The van der Waals surface area contributed by atoms with Crippen molar-refractivity contribution in [3.05, 3.63) is 56.2 Å². The van der Waals surface area contributed by atoms with E-state index in [-0.39, 0.29) is 0 Å². The lowest BCUT2D eigenvalue weighted by Crippen LogP contribution is -2.10. The van der Waals surface area contributed by atoms with E-state index in [0.29, 0.717) is 9.90 Å². The summed E-state index contributed by atoms with van der Waals surface area (Å²) >= 11 is 7.26. The summed E-state index contributed by atoms with van der Waals surface area (Å²) in [4.78, 5) is 0.789. The first kappa shape index (κ1) is 12.5. The summed E-state index contributed by atoms with van der Waals surface area (Å²) < 4.78 is 26.8. The van der Waals surface area contributed by atoms with Crippen molar-refractivity contribution in [2.75, 3.05) is 0 Å². The highest BCUT2D eigenvalue weighted by atomic mass is 35.5. The summed E-state index contributed by atoms with van der Waals surface area (Å²) in [6, 6.07) is 4.56. The molecular formula is C12H10ClF2NS. The summed E-state index contributed by atoms with van der Waals surface area (Å²) in [6.07, 6.45) is 0. The zero-order valence-corrected chi connectivity index (χ0v) is 10.6. The Bertz CT molecular complexity index is 514. The van der Waals surface area contributed by atoms with Crippen molar-refractivity contribution < 1.29 is 8.78 Å². The molecule has 0 saturated heterocycles. The maximum Gasteiger partial charge on any atom is 0.126 e. The van der Waals surface area contributed by atoms with Crippen LogP contribution < -0.4 is 5.73 Å². The second kappa shape index (κ2) is 4.72. The van der Waals surface area contributed by atoms with Gasteiger partial charge in [-0.2, -0.15) is 0 Å². The molecule has 0 aliphatic rings. The van der Waals surface area contributed by atoms with Crippen LogP contribution in [0.5, 0.6) is 0 Å². The van der Waals surface area contributed by atoms with E-state index < -0.39 is 17.7 Å². The van der Waals surface area contributed by atoms with Crippen LogP contribution in [0, 0.1) is 18.6 Å². The van der Waals surface area contributed by atoms with Crippen LogP contribution in [0.1, 0.15) is 22.0 Å². The molecule has 0 aliphatic carbocycles.